The van der Waals surface area contributed by atoms with Crippen molar-refractivity contribution in [2.24, 2.45) is 0 Å². The molecule has 34 heavy (non-hydrogen) atoms. The van der Waals surface area contributed by atoms with Crippen molar-refractivity contribution in [3.8, 4) is 0 Å². The molecule has 0 saturated carbocycles. The number of hydrogen-bond acceptors (Lipinski definition) is 13. The maximum atomic E-state index is 12.4. The van der Waals surface area contributed by atoms with Gasteiger partial charge in [-0.15, -0.1) is 0 Å². The van der Waals surface area contributed by atoms with Gasteiger partial charge in [0.05, 0.1) is 4.92 Å². The van der Waals surface area contributed by atoms with Crippen molar-refractivity contribution in [2.75, 3.05) is 5.32 Å². The summed E-state index contributed by atoms with van der Waals surface area (Å²) in [5.41, 5.74) is -14.8. The number of anilines is 1. The lowest BCUT2D eigenvalue weighted by Gasteiger charge is -2.33. The van der Waals surface area contributed by atoms with Gasteiger partial charge in [0.15, 0.2) is 0 Å². The molecule has 0 fully saturated rings. The lowest BCUT2D eigenvalue weighted by Crippen LogP contribution is -2.89. The van der Waals surface area contributed by atoms with Crippen LogP contribution in [0.2, 0.25) is 0 Å². The molecule has 2 atom stereocenters. The molecule has 2 unspecified atom stereocenters. The summed E-state index contributed by atoms with van der Waals surface area (Å²) in [7, 11) is 0. The second kappa shape index (κ2) is 8.29. The molecule has 21 heteroatoms. The van der Waals surface area contributed by atoms with Crippen molar-refractivity contribution < 1.29 is 34.3 Å². The largest absolute Gasteiger partial charge is 0.695 e. The molecule has 180 valence electrons. The molecule has 0 heterocycles. The maximum Gasteiger partial charge on any atom is 0.695 e. The Hall–Kier alpha value is -5.37. The Labute approximate surface area is 183 Å². The summed E-state index contributed by atoms with van der Waals surface area (Å²) in [5, 5.41) is 74.1. The van der Waals surface area contributed by atoms with Crippen LogP contribution in [0, 0.1) is 60.7 Å². The Morgan fingerprint density at radius 2 is 1.26 bits per heavy atom. The van der Waals surface area contributed by atoms with Crippen LogP contribution in [-0.4, -0.2) is 58.6 Å². The summed E-state index contributed by atoms with van der Waals surface area (Å²) in [6.45, 7) is 0. The summed E-state index contributed by atoms with van der Waals surface area (Å²) < 4.78 is 0. The van der Waals surface area contributed by atoms with E-state index in [9.17, 15) is 65.5 Å². The van der Waals surface area contributed by atoms with E-state index in [2.05, 4.69) is 0 Å². The topological polar surface area (TPSA) is 300 Å². The quantitative estimate of drug-likeness (QED) is 0.203. The minimum absolute atomic E-state index is 0.121. The molecule has 2 amide bonds. The number of urea groups is 1. The second-order valence-corrected chi connectivity index (χ2v) is 6.48. The van der Waals surface area contributed by atoms with Crippen LogP contribution in [0.3, 0.4) is 0 Å². The molecule has 0 spiro atoms. The number of hydrogen-bond donors (Lipinski definition) is 2. The Bertz CT molecular complexity index is 1110. The molecule has 2 rings (SSSR count). The molecule has 1 aromatic rings. The Morgan fingerprint density at radius 1 is 0.765 bits per heavy atom. The van der Waals surface area contributed by atoms with Gasteiger partial charge in [0.1, 0.15) is 19.7 Å². The van der Waals surface area contributed by atoms with Gasteiger partial charge in [-0.1, -0.05) is 18.2 Å². The minimum Gasteiger partial charge on any atom is -0.308 e. The first-order valence-corrected chi connectivity index (χ1v) is 8.43. The lowest BCUT2D eigenvalue weighted by atomic mass is 9.72. The van der Waals surface area contributed by atoms with Crippen LogP contribution in [0.5, 0.6) is 0 Å². The van der Waals surface area contributed by atoms with E-state index in [1.807, 2.05) is 5.32 Å². The normalized spacial score (nSPS) is 22.1. The molecule has 1 aliphatic carbocycles. The summed E-state index contributed by atoms with van der Waals surface area (Å²) >= 11 is 0. The SMILES string of the molecule is O=C(Nc1ccccc1)NC1([N+](=O)[O-])C=CC([N+](=O)[O-])C([N+](=O)[O-])([N+](=O)[O-])C1([N+](=O)[O-])[N+](=O)[O-]. The van der Waals surface area contributed by atoms with Gasteiger partial charge >= 0.3 is 29.1 Å². The highest BCUT2D eigenvalue weighted by Gasteiger charge is 3.10. The van der Waals surface area contributed by atoms with Crippen LogP contribution in [0.1, 0.15) is 0 Å². The average Bonchev–Trinajstić information content (AvgIpc) is 2.72. The molecule has 1 aromatic carbocycles. The minimum atomic E-state index is -5.25. The van der Waals surface area contributed by atoms with E-state index in [0.29, 0.717) is 0 Å². The van der Waals surface area contributed by atoms with E-state index in [4.69, 9.17) is 0 Å². The third-order valence-corrected chi connectivity index (χ3v) is 4.91. The van der Waals surface area contributed by atoms with Crippen molar-refractivity contribution in [1.29, 1.82) is 0 Å². The van der Waals surface area contributed by atoms with Gasteiger partial charge < -0.3 is 5.32 Å². The highest BCUT2D eigenvalue weighted by Crippen LogP contribution is 2.47. The third-order valence-electron chi connectivity index (χ3n) is 4.91. The van der Waals surface area contributed by atoms with E-state index in [0.717, 1.165) is 0 Å². The monoisotopic (exact) mass is 486 g/mol. The number of nitrogens with zero attached hydrogens (tertiary/aromatic N) is 6. The van der Waals surface area contributed by atoms with E-state index in [1.165, 1.54) is 35.6 Å². The summed E-state index contributed by atoms with van der Waals surface area (Å²) in [4.78, 5) is 70.2. The molecule has 2 N–H and O–H groups in total. The van der Waals surface area contributed by atoms with E-state index >= 15 is 0 Å². The third kappa shape index (κ3) is 3.06. The number of carbonyl (C=O) groups is 1. The Morgan fingerprint density at radius 3 is 1.65 bits per heavy atom. The molecule has 21 nitrogen and oxygen atoms in total. The molecule has 0 bridgehead atoms. The van der Waals surface area contributed by atoms with Gasteiger partial charge in [-0.3, -0.25) is 66.0 Å². The fourth-order valence-corrected chi connectivity index (χ4v) is 3.56. The van der Waals surface area contributed by atoms with Gasteiger partial charge in [-0.05, 0) is 12.1 Å². The number of amides is 2. The predicted molar refractivity (Wildman–Crippen MR) is 102 cm³/mol. The van der Waals surface area contributed by atoms with E-state index in [1.54, 1.807) is 0 Å². The predicted octanol–water partition coefficient (Wildman–Crippen LogP) is -0.504. The van der Waals surface area contributed by atoms with Crippen molar-refractivity contribution >= 4 is 11.7 Å². The van der Waals surface area contributed by atoms with Crippen molar-refractivity contribution in [2.45, 2.75) is 23.0 Å². The van der Waals surface area contributed by atoms with Gasteiger partial charge in [-0.25, -0.2) is 4.79 Å². The molecule has 0 aromatic heterocycles. The fourth-order valence-electron chi connectivity index (χ4n) is 3.56. The van der Waals surface area contributed by atoms with Crippen molar-refractivity contribution in [3.63, 3.8) is 0 Å². The highest BCUT2D eigenvalue weighted by molar-refractivity contribution is 5.89. The zero-order chi connectivity index (χ0) is 26.1. The van der Waals surface area contributed by atoms with Crippen LogP contribution < -0.4 is 10.6 Å². The first kappa shape index (κ1) is 24.9. The zero-order valence-electron chi connectivity index (χ0n) is 16.1. The van der Waals surface area contributed by atoms with Crippen molar-refractivity contribution in [3.05, 3.63) is 103 Å². The molecule has 1 aliphatic rings. The maximum absolute atomic E-state index is 12.4. The number of carbonyl (C=O) groups excluding carboxylic acids is 1. The Kier molecular flexibility index (Phi) is 6.07. The first-order valence-electron chi connectivity index (χ1n) is 8.43. The van der Waals surface area contributed by atoms with Gasteiger partial charge in [-0.2, -0.15) is 0 Å². The summed E-state index contributed by atoms with van der Waals surface area (Å²) in [6, 6.07) is 1.35. The average molecular weight is 486 g/mol. The number of rotatable bonds is 8. The van der Waals surface area contributed by atoms with Gasteiger partial charge in [0.25, 0.3) is 0 Å². The second-order valence-electron chi connectivity index (χ2n) is 6.48. The fraction of sp³-hybridized carbons (Fsp3) is 0.308. The van der Waals surface area contributed by atoms with Crippen LogP contribution >= 0.6 is 0 Å². The highest BCUT2D eigenvalue weighted by atomic mass is 16.7. The number of nitrogens with one attached hydrogen (secondary N) is 2. The zero-order valence-corrected chi connectivity index (χ0v) is 16.1. The number of para-hydroxylation sites is 1. The lowest BCUT2D eigenvalue weighted by molar-refractivity contribution is -0.976. The molecule has 0 aliphatic heterocycles. The number of benzene rings is 1. The molecule has 0 radical (unpaired) electrons. The summed E-state index contributed by atoms with van der Waals surface area (Å²) in [6.07, 6.45) is -0.398. The molecular formula is C13H10N8O13. The number of nitro groups is 6. The van der Waals surface area contributed by atoms with Crippen LogP contribution in [0.25, 0.3) is 0 Å². The smallest absolute Gasteiger partial charge is 0.308 e. The van der Waals surface area contributed by atoms with Crippen LogP contribution in [0.15, 0.2) is 42.5 Å². The van der Waals surface area contributed by atoms with E-state index < -0.39 is 58.6 Å². The van der Waals surface area contributed by atoms with Gasteiger partial charge in [0, 0.05) is 22.8 Å². The Balaban J connectivity index is 2.99. The molecule has 0 saturated heterocycles. The standard InChI is InChI=1S/C13H10N8O13/c22-10(14-8-4-2-1-3-5-8)15-11(17(25)26)7-6-9(16(23)24)12(18(27)28,19(29)30)13(11,20(31)32)21(33)34/h1-7,9H,(H2,14,15,22). The first-order chi connectivity index (χ1) is 15.7. The van der Waals surface area contributed by atoms with Crippen molar-refractivity contribution in [1.82, 2.24) is 5.32 Å². The van der Waals surface area contributed by atoms with E-state index in [-0.39, 0.29) is 17.8 Å². The molecular weight excluding hydrogens is 476 g/mol. The van der Waals surface area contributed by atoms with Gasteiger partial charge in [0.2, 0.25) is 0 Å². The van der Waals surface area contributed by atoms with Crippen LogP contribution in [-0.2, 0) is 0 Å². The summed E-state index contributed by atoms with van der Waals surface area (Å²) in [5.74, 6) is 0. The van der Waals surface area contributed by atoms with Crippen LogP contribution in [0.4, 0.5) is 10.5 Å².